The standard InChI is InChI=1S/C14H19N3O2/c1-9-12(5-7-16-19)10(4-6-15)8-11-2-3-13(18)17-14(9)11/h8H,2-7,15H2,1H3,(H,17,18). The van der Waals surface area contributed by atoms with Crippen LogP contribution in [-0.4, -0.2) is 19.0 Å². The first-order valence-corrected chi connectivity index (χ1v) is 6.60. The minimum absolute atomic E-state index is 0.0571. The van der Waals surface area contributed by atoms with Crippen LogP contribution in [0.4, 0.5) is 5.69 Å². The lowest BCUT2D eigenvalue weighted by atomic mass is 9.89. The zero-order valence-electron chi connectivity index (χ0n) is 11.2. The van der Waals surface area contributed by atoms with Gasteiger partial charge in [0.15, 0.2) is 0 Å². The summed E-state index contributed by atoms with van der Waals surface area (Å²) in [6.07, 6.45) is 2.69. The Hall–Kier alpha value is -1.75. The summed E-state index contributed by atoms with van der Waals surface area (Å²) >= 11 is 0. The van der Waals surface area contributed by atoms with E-state index < -0.39 is 0 Å². The Morgan fingerprint density at radius 1 is 1.37 bits per heavy atom. The van der Waals surface area contributed by atoms with Crippen molar-refractivity contribution >= 4 is 11.6 Å². The lowest BCUT2D eigenvalue weighted by Gasteiger charge is -2.23. The Balaban J connectivity index is 2.46. The average molecular weight is 261 g/mol. The smallest absolute Gasteiger partial charge is 0.224 e. The molecule has 3 N–H and O–H groups in total. The third kappa shape index (κ3) is 2.81. The number of nitrogens with two attached hydrogens (primary N) is 1. The summed E-state index contributed by atoms with van der Waals surface area (Å²) in [5, 5.41) is 5.87. The van der Waals surface area contributed by atoms with E-state index in [-0.39, 0.29) is 12.5 Å². The molecule has 0 atom stereocenters. The molecule has 0 aromatic heterocycles. The van der Waals surface area contributed by atoms with Gasteiger partial charge in [-0.15, -0.1) is 0 Å². The lowest BCUT2D eigenvalue weighted by molar-refractivity contribution is -0.116. The lowest BCUT2D eigenvalue weighted by Crippen LogP contribution is -2.21. The van der Waals surface area contributed by atoms with Crippen LogP contribution in [0.15, 0.2) is 11.2 Å². The Bertz CT molecular complexity index is 512. The van der Waals surface area contributed by atoms with Crippen LogP contribution in [0.25, 0.3) is 0 Å². The van der Waals surface area contributed by atoms with Gasteiger partial charge >= 0.3 is 0 Å². The Morgan fingerprint density at radius 2 is 2.16 bits per heavy atom. The first kappa shape index (κ1) is 13.7. The highest BCUT2D eigenvalue weighted by atomic mass is 16.3. The molecule has 19 heavy (non-hydrogen) atoms. The number of fused-ring (bicyclic) bond motifs is 1. The molecule has 5 nitrogen and oxygen atoms in total. The van der Waals surface area contributed by atoms with Crippen molar-refractivity contribution in [2.24, 2.45) is 10.9 Å². The van der Waals surface area contributed by atoms with Gasteiger partial charge < -0.3 is 11.1 Å². The second-order valence-corrected chi connectivity index (χ2v) is 4.86. The summed E-state index contributed by atoms with van der Waals surface area (Å²) in [6, 6.07) is 2.12. The number of nitrogens with zero attached hydrogens (tertiary/aromatic N) is 1. The number of carbonyl (C=O) groups excluding carboxylic acids is 1. The fourth-order valence-electron chi connectivity index (χ4n) is 2.71. The molecule has 5 heteroatoms. The predicted molar refractivity (Wildman–Crippen MR) is 75.3 cm³/mol. The van der Waals surface area contributed by atoms with Gasteiger partial charge in [-0.1, -0.05) is 11.2 Å². The van der Waals surface area contributed by atoms with E-state index in [2.05, 4.69) is 16.6 Å². The van der Waals surface area contributed by atoms with Crippen molar-refractivity contribution < 1.29 is 4.79 Å². The number of hydrogen-bond donors (Lipinski definition) is 2. The minimum Gasteiger partial charge on any atom is -0.330 e. The van der Waals surface area contributed by atoms with Crippen molar-refractivity contribution in [1.82, 2.24) is 0 Å². The molecule has 1 aromatic rings. The van der Waals surface area contributed by atoms with Crippen LogP contribution in [0.2, 0.25) is 0 Å². The summed E-state index contributed by atoms with van der Waals surface area (Å²) in [7, 11) is 0. The van der Waals surface area contributed by atoms with Crippen LogP contribution >= 0.6 is 0 Å². The molecule has 102 valence electrons. The molecule has 0 radical (unpaired) electrons. The molecule has 1 aromatic carbocycles. The molecule has 1 aliphatic heterocycles. The molecule has 2 rings (SSSR count). The number of nitroso groups, excluding NO2 is 1. The highest BCUT2D eigenvalue weighted by molar-refractivity contribution is 5.95. The normalized spacial score (nSPS) is 13.9. The quantitative estimate of drug-likeness (QED) is 0.791. The molecule has 1 heterocycles. The number of anilines is 1. The fraction of sp³-hybridized carbons (Fsp3) is 0.500. The molecular formula is C14H19N3O2. The van der Waals surface area contributed by atoms with Crippen LogP contribution in [0.1, 0.15) is 28.7 Å². The number of rotatable bonds is 5. The van der Waals surface area contributed by atoms with Crippen molar-refractivity contribution in [3.8, 4) is 0 Å². The van der Waals surface area contributed by atoms with Gasteiger partial charge in [-0.25, -0.2) is 0 Å². The first-order chi connectivity index (χ1) is 9.17. The van der Waals surface area contributed by atoms with Crippen molar-refractivity contribution in [2.45, 2.75) is 32.6 Å². The minimum atomic E-state index is 0.0571. The maximum atomic E-state index is 11.5. The van der Waals surface area contributed by atoms with E-state index in [1.807, 2.05) is 6.92 Å². The van der Waals surface area contributed by atoms with Gasteiger partial charge in [0.05, 0.1) is 6.54 Å². The second kappa shape index (κ2) is 5.93. The zero-order valence-corrected chi connectivity index (χ0v) is 11.2. The van der Waals surface area contributed by atoms with Gasteiger partial charge in [0.25, 0.3) is 0 Å². The van der Waals surface area contributed by atoms with Gasteiger partial charge in [-0.05, 0) is 55.0 Å². The average Bonchev–Trinajstić information content (AvgIpc) is 2.40. The largest absolute Gasteiger partial charge is 0.330 e. The molecule has 0 bridgehead atoms. The summed E-state index contributed by atoms with van der Waals surface area (Å²) < 4.78 is 0. The maximum absolute atomic E-state index is 11.5. The van der Waals surface area contributed by atoms with Crippen molar-refractivity contribution in [2.75, 3.05) is 18.4 Å². The van der Waals surface area contributed by atoms with Crippen molar-refractivity contribution in [3.63, 3.8) is 0 Å². The Morgan fingerprint density at radius 3 is 2.84 bits per heavy atom. The van der Waals surface area contributed by atoms with E-state index >= 15 is 0 Å². The van der Waals surface area contributed by atoms with Crippen LogP contribution in [0, 0.1) is 11.8 Å². The van der Waals surface area contributed by atoms with Gasteiger partial charge in [0, 0.05) is 12.1 Å². The molecule has 0 saturated heterocycles. The summed E-state index contributed by atoms with van der Waals surface area (Å²) in [5.41, 5.74) is 11.1. The van der Waals surface area contributed by atoms with Gasteiger partial charge in [0.1, 0.15) is 0 Å². The molecular weight excluding hydrogens is 242 g/mol. The summed E-state index contributed by atoms with van der Waals surface area (Å²) in [5.74, 6) is 0.0571. The van der Waals surface area contributed by atoms with E-state index in [9.17, 15) is 9.70 Å². The van der Waals surface area contributed by atoms with Gasteiger partial charge in [-0.3, -0.25) is 4.79 Å². The van der Waals surface area contributed by atoms with E-state index in [0.717, 1.165) is 29.7 Å². The molecule has 0 fully saturated rings. The SMILES string of the molecule is Cc1c(CCN=O)c(CCN)cc2c1NC(=O)CC2. The van der Waals surface area contributed by atoms with Crippen molar-refractivity contribution in [3.05, 3.63) is 33.2 Å². The maximum Gasteiger partial charge on any atom is 0.224 e. The van der Waals surface area contributed by atoms with Crippen LogP contribution in [-0.2, 0) is 24.1 Å². The molecule has 1 aliphatic rings. The van der Waals surface area contributed by atoms with Crippen molar-refractivity contribution in [1.29, 1.82) is 0 Å². The monoisotopic (exact) mass is 261 g/mol. The number of carbonyl (C=O) groups is 1. The summed E-state index contributed by atoms with van der Waals surface area (Å²) in [6.45, 7) is 2.82. The van der Waals surface area contributed by atoms with Crippen LogP contribution in [0.5, 0.6) is 0 Å². The fourth-order valence-corrected chi connectivity index (χ4v) is 2.71. The van der Waals surface area contributed by atoms with Gasteiger partial charge in [0.2, 0.25) is 5.91 Å². The predicted octanol–water partition coefficient (Wildman–Crippen LogP) is 1.69. The highest BCUT2D eigenvalue weighted by Crippen LogP contribution is 2.32. The van der Waals surface area contributed by atoms with Gasteiger partial charge in [-0.2, -0.15) is 4.91 Å². The first-order valence-electron chi connectivity index (χ1n) is 6.60. The van der Waals surface area contributed by atoms with E-state index in [1.165, 1.54) is 11.1 Å². The molecule has 0 saturated carbocycles. The third-order valence-electron chi connectivity index (χ3n) is 3.64. The second-order valence-electron chi connectivity index (χ2n) is 4.86. The molecule has 0 unspecified atom stereocenters. The van der Waals surface area contributed by atoms with E-state index in [1.54, 1.807) is 0 Å². The molecule has 0 spiro atoms. The topological polar surface area (TPSA) is 84.6 Å². The number of nitrogens with one attached hydrogen (secondary N) is 1. The Labute approximate surface area is 112 Å². The molecule has 1 amide bonds. The van der Waals surface area contributed by atoms with E-state index in [0.29, 0.717) is 19.4 Å². The number of hydrogen-bond acceptors (Lipinski definition) is 4. The third-order valence-corrected chi connectivity index (χ3v) is 3.64. The Kier molecular flexibility index (Phi) is 4.27. The number of amides is 1. The van der Waals surface area contributed by atoms with Crippen LogP contribution < -0.4 is 11.1 Å². The van der Waals surface area contributed by atoms with Crippen LogP contribution in [0.3, 0.4) is 0 Å². The molecule has 0 aliphatic carbocycles. The number of benzene rings is 1. The highest BCUT2D eigenvalue weighted by Gasteiger charge is 2.20. The van der Waals surface area contributed by atoms with E-state index in [4.69, 9.17) is 5.73 Å². The zero-order chi connectivity index (χ0) is 13.8. The number of aryl methyl sites for hydroxylation is 1. The summed E-state index contributed by atoms with van der Waals surface area (Å²) in [4.78, 5) is 21.9.